The molecule has 1 aromatic carbocycles. The maximum atomic E-state index is 10.0. The van der Waals surface area contributed by atoms with Gasteiger partial charge in [-0.15, -0.1) is 0 Å². The van der Waals surface area contributed by atoms with Crippen LogP contribution in [0.15, 0.2) is 27.1 Å². The van der Waals surface area contributed by atoms with Gasteiger partial charge < -0.3 is 4.79 Å². The van der Waals surface area contributed by atoms with Crippen LogP contribution in [0.5, 0.6) is 0 Å². The van der Waals surface area contributed by atoms with Gasteiger partial charge in [-0.25, -0.2) is 0 Å². The van der Waals surface area contributed by atoms with Gasteiger partial charge in [0.15, 0.2) is 0 Å². The van der Waals surface area contributed by atoms with Crippen molar-refractivity contribution in [2.45, 2.75) is 6.42 Å². The predicted octanol–water partition coefficient (Wildman–Crippen LogP) is 3.15. The normalized spacial score (nSPS) is 8.77. The Morgan fingerprint density at radius 3 is 2.85 bits per heavy atom. The first-order chi connectivity index (χ1) is 6.24. The average Bonchev–Trinajstić information content (AvgIpc) is 2.11. The summed E-state index contributed by atoms with van der Waals surface area (Å²) < 4.78 is 1.92. The molecular formula is C10H6Br2O. The third-order valence-electron chi connectivity index (χ3n) is 1.34. The molecule has 0 aliphatic rings. The molecule has 0 bridgehead atoms. The van der Waals surface area contributed by atoms with E-state index in [-0.39, 0.29) is 6.42 Å². The molecule has 0 radical (unpaired) electrons. The van der Waals surface area contributed by atoms with Gasteiger partial charge in [-0.1, -0.05) is 27.8 Å². The van der Waals surface area contributed by atoms with Gasteiger partial charge in [0.2, 0.25) is 0 Å². The molecule has 0 saturated heterocycles. The van der Waals surface area contributed by atoms with Crippen LogP contribution in [-0.2, 0) is 4.79 Å². The zero-order chi connectivity index (χ0) is 9.68. The monoisotopic (exact) mass is 300 g/mol. The van der Waals surface area contributed by atoms with Crippen molar-refractivity contribution in [2.24, 2.45) is 0 Å². The van der Waals surface area contributed by atoms with Crippen LogP contribution in [0.25, 0.3) is 0 Å². The molecule has 0 unspecified atom stereocenters. The number of benzene rings is 1. The Morgan fingerprint density at radius 2 is 2.15 bits per heavy atom. The van der Waals surface area contributed by atoms with Crippen molar-refractivity contribution in [2.75, 3.05) is 0 Å². The van der Waals surface area contributed by atoms with Crippen molar-refractivity contribution in [1.82, 2.24) is 0 Å². The summed E-state index contributed by atoms with van der Waals surface area (Å²) >= 11 is 6.72. The van der Waals surface area contributed by atoms with E-state index < -0.39 is 0 Å². The summed E-state index contributed by atoms with van der Waals surface area (Å²) in [6, 6.07) is 5.74. The summed E-state index contributed by atoms with van der Waals surface area (Å²) in [6.45, 7) is 0. The molecule has 66 valence electrons. The molecule has 0 aliphatic carbocycles. The van der Waals surface area contributed by atoms with Gasteiger partial charge >= 0.3 is 0 Å². The molecule has 0 spiro atoms. The zero-order valence-corrected chi connectivity index (χ0v) is 9.85. The van der Waals surface area contributed by atoms with E-state index in [9.17, 15) is 4.79 Å². The van der Waals surface area contributed by atoms with Crippen molar-refractivity contribution in [3.05, 3.63) is 32.7 Å². The lowest BCUT2D eigenvalue weighted by molar-refractivity contribution is -0.107. The molecule has 0 aliphatic heterocycles. The molecule has 1 rings (SSSR count). The smallest absolute Gasteiger partial charge is 0.131 e. The Labute approximate surface area is 93.8 Å². The third-order valence-corrected chi connectivity index (χ3v) is 2.52. The summed E-state index contributed by atoms with van der Waals surface area (Å²) in [6.07, 6.45) is 1.07. The number of halogens is 2. The van der Waals surface area contributed by atoms with Crippen molar-refractivity contribution < 1.29 is 4.79 Å². The topological polar surface area (TPSA) is 17.1 Å². The average molecular weight is 302 g/mol. The Bertz CT molecular complexity index is 374. The van der Waals surface area contributed by atoms with Crippen LogP contribution in [0.4, 0.5) is 0 Å². The Morgan fingerprint density at radius 1 is 1.38 bits per heavy atom. The van der Waals surface area contributed by atoms with E-state index in [2.05, 4.69) is 43.7 Å². The lowest BCUT2D eigenvalue weighted by atomic mass is 10.2. The van der Waals surface area contributed by atoms with E-state index in [1.54, 1.807) is 0 Å². The van der Waals surface area contributed by atoms with Gasteiger partial charge in [-0.3, -0.25) is 0 Å². The molecular weight excluding hydrogens is 296 g/mol. The van der Waals surface area contributed by atoms with Gasteiger partial charge in [-0.05, 0) is 34.1 Å². The highest BCUT2D eigenvalue weighted by molar-refractivity contribution is 9.11. The van der Waals surface area contributed by atoms with Crippen LogP contribution >= 0.6 is 31.9 Å². The minimum Gasteiger partial charge on any atom is -0.302 e. The van der Waals surface area contributed by atoms with E-state index in [0.717, 1.165) is 20.8 Å². The quantitative estimate of drug-likeness (QED) is 0.575. The number of hydrogen-bond acceptors (Lipinski definition) is 1. The second kappa shape index (κ2) is 5.21. The van der Waals surface area contributed by atoms with E-state index in [4.69, 9.17) is 0 Å². The molecule has 3 heteroatoms. The Balaban J connectivity index is 2.95. The molecule has 0 amide bonds. The number of carbonyl (C=O) groups excluding carboxylic acids is 1. The fourth-order valence-electron chi connectivity index (χ4n) is 0.781. The van der Waals surface area contributed by atoms with Gasteiger partial charge in [-0.2, -0.15) is 0 Å². The first-order valence-corrected chi connectivity index (χ1v) is 5.20. The highest BCUT2D eigenvalue weighted by Crippen LogP contribution is 2.20. The first-order valence-electron chi connectivity index (χ1n) is 3.61. The minimum atomic E-state index is 0.277. The maximum Gasteiger partial charge on any atom is 0.131 e. The summed E-state index contributed by atoms with van der Waals surface area (Å²) in [5.74, 6) is 5.65. The minimum absolute atomic E-state index is 0.277. The largest absolute Gasteiger partial charge is 0.302 e. The highest BCUT2D eigenvalue weighted by atomic mass is 79.9. The molecule has 0 saturated carbocycles. The van der Waals surface area contributed by atoms with Crippen LogP contribution in [0.3, 0.4) is 0 Å². The number of rotatable bonds is 1. The lowest BCUT2D eigenvalue weighted by Gasteiger charge is -1.95. The number of hydrogen-bond donors (Lipinski definition) is 0. The summed E-state index contributed by atoms with van der Waals surface area (Å²) in [5.41, 5.74) is 0.885. The SMILES string of the molecule is O=CCC#Cc1cc(Br)ccc1Br. The predicted molar refractivity (Wildman–Crippen MR) is 59.4 cm³/mol. The van der Waals surface area contributed by atoms with Crippen LogP contribution in [0, 0.1) is 11.8 Å². The van der Waals surface area contributed by atoms with Crippen LogP contribution in [0.2, 0.25) is 0 Å². The van der Waals surface area contributed by atoms with E-state index >= 15 is 0 Å². The van der Waals surface area contributed by atoms with Crippen molar-refractivity contribution >= 4 is 38.1 Å². The van der Waals surface area contributed by atoms with E-state index in [1.807, 2.05) is 18.2 Å². The van der Waals surface area contributed by atoms with Gasteiger partial charge in [0, 0.05) is 14.5 Å². The second-order valence-electron chi connectivity index (χ2n) is 2.30. The molecule has 0 atom stereocenters. The Kier molecular flexibility index (Phi) is 4.20. The fraction of sp³-hybridized carbons (Fsp3) is 0.100. The molecule has 0 N–H and O–H groups in total. The van der Waals surface area contributed by atoms with Crippen molar-refractivity contribution in [3.8, 4) is 11.8 Å². The zero-order valence-electron chi connectivity index (χ0n) is 6.68. The summed E-state index contributed by atoms with van der Waals surface area (Å²) in [4.78, 5) is 10.0. The van der Waals surface area contributed by atoms with Crippen LogP contribution in [0.1, 0.15) is 12.0 Å². The summed E-state index contributed by atoms with van der Waals surface area (Å²) in [5, 5.41) is 0. The summed E-state index contributed by atoms with van der Waals surface area (Å²) in [7, 11) is 0. The van der Waals surface area contributed by atoms with Gasteiger partial charge in [0.25, 0.3) is 0 Å². The highest BCUT2D eigenvalue weighted by Gasteiger charge is 1.95. The molecule has 0 aromatic heterocycles. The molecule has 0 heterocycles. The lowest BCUT2D eigenvalue weighted by Crippen LogP contribution is -1.77. The number of carbonyl (C=O) groups is 1. The fourth-order valence-corrected chi connectivity index (χ4v) is 1.49. The van der Waals surface area contributed by atoms with Gasteiger partial charge in [0.05, 0.1) is 6.42 Å². The van der Waals surface area contributed by atoms with Crippen LogP contribution < -0.4 is 0 Å². The second-order valence-corrected chi connectivity index (χ2v) is 4.07. The molecule has 13 heavy (non-hydrogen) atoms. The van der Waals surface area contributed by atoms with Crippen molar-refractivity contribution in [1.29, 1.82) is 0 Å². The molecule has 1 aromatic rings. The first kappa shape index (κ1) is 10.5. The molecule has 1 nitrogen and oxygen atoms in total. The maximum absolute atomic E-state index is 10.0. The van der Waals surface area contributed by atoms with E-state index in [1.165, 1.54) is 0 Å². The van der Waals surface area contributed by atoms with Crippen LogP contribution in [-0.4, -0.2) is 6.29 Å². The van der Waals surface area contributed by atoms with Gasteiger partial charge in [0.1, 0.15) is 6.29 Å². The standard InChI is InChI=1S/C10H6Br2O/c11-9-4-5-10(12)8(7-9)3-1-2-6-13/h4-7H,2H2. The molecule has 0 fully saturated rings. The van der Waals surface area contributed by atoms with Crippen molar-refractivity contribution in [3.63, 3.8) is 0 Å². The van der Waals surface area contributed by atoms with E-state index in [0.29, 0.717) is 0 Å². The Hall–Kier alpha value is -0.590. The third kappa shape index (κ3) is 3.33. The number of aldehydes is 1.